The van der Waals surface area contributed by atoms with Crippen LogP contribution < -0.4 is 0 Å². The first kappa shape index (κ1) is 17.5. The van der Waals surface area contributed by atoms with Crippen molar-refractivity contribution in [1.82, 2.24) is 0 Å². The van der Waals surface area contributed by atoms with Gasteiger partial charge in [0.1, 0.15) is 0 Å². The summed E-state index contributed by atoms with van der Waals surface area (Å²) in [6.45, 7) is 6.05. The highest BCUT2D eigenvalue weighted by Gasteiger charge is 1.89. The van der Waals surface area contributed by atoms with Gasteiger partial charge < -0.3 is 0 Å². The molecule has 0 rings (SSSR count). The SMILES string of the molecule is [CH2]CCCC=CCCCCCCCCC=CCC. The Hall–Kier alpha value is -0.520. The fourth-order valence-electron chi connectivity index (χ4n) is 2.01. The Bertz CT molecular complexity index is 188. The van der Waals surface area contributed by atoms with Gasteiger partial charge in [-0.15, -0.1) is 0 Å². The molecule has 0 heterocycles. The molecule has 0 fully saturated rings. The second kappa shape index (κ2) is 16.5. The summed E-state index contributed by atoms with van der Waals surface area (Å²) in [6.07, 6.45) is 25.0. The van der Waals surface area contributed by atoms with Crippen molar-refractivity contribution in [3.8, 4) is 0 Å². The van der Waals surface area contributed by atoms with Crippen LogP contribution in [0.3, 0.4) is 0 Å². The standard InChI is InChI=1S/C18H33/c1-3-5-7-9-11-13-15-17-18-16-14-12-10-8-6-4-2/h6,8-9,11H,1,3-5,7,10,12-18H2,2H3. The van der Waals surface area contributed by atoms with Crippen molar-refractivity contribution in [3.05, 3.63) is 31.2 Å². The smallest absolute Gasteiger partial charge is 0.0351 e. The van der Waals surface area contributed by atoms with E-state index in [2.05, 4.69) is 38.2 Å². The number of rotatable bonds is 13. The van der Waals surface area contributed by atoms with Crippen LogP contribution in [0.4, 0.5) is 0 Å². The van der Waals surface area contributed by atoms with Crippen molar-refractivity contribution in [2.24, 2.45) is 0 Å². The molecule has 0 saturated carbocycles. The van der Waals surface area contributed by atoms with Crippen molar-refractivity contribution < 1.29 is 0 Å². The summed E-state index contributed by atoms with van der Waals surface area (Å²) in [5.41, 5.74) is 0. The van der Waals surface area contributed by atoms with Crippen molar-refractivity contribution in [1.29, 1.82) is 0 Å². The third-order valence-electron chi connectivity index (χ3n) is 3.18. The van der Waals surface area contributed by atoms with E-state index in [4.69, 9.17) is 0 Å². The molecule has 0 aliphatic carbocycles. The van der Waals surface area contributed by atoms with Gasteiger partial charge in [0.05, 0.1) is 0 Å². The molecule has 0 aromatic carbocycles. The molecule has 1 radical (unpaired) electrons. The van der Waals surface area contributed by atoms with Crippen LogP contribution in [0, 0.1) is 6.92 Å². The van der Waals surface area contributed by atoms with Crippen molar-refractivity contribution in [2.45, 2.75) is 84.0 Å². The van der Waals surface area contributed by atoms with E-state index in [1.54, 1.807) is 0 Å². The average molecular weight is 249 g/mol. The summed E-state index contributed by atoms with van der Waals surface area (Å²) in [7, 11) is 0. The summed E-state index contributed by atoms with van der Waals surface area (Å²) >= 11 is 0. The van der Waals surface area contributed by atoms with Gasteiger partial charge in [-0.25, -0.2) is 0 Å². The Labute approximate surface area is 116 Å². The maximum absolute atomic E-state index is 3.85. The lowest BCUT2D eigenvalue weighted by atomic mass is 10.1. The van der Waals surface area contributed by atoms with Crippen LogP contribution >= 0.6 is 0 Å². The van der Waals surface area contributed by atoms with E-state index in [1.807, 2.05) is 0 Å². The highest BCUT2D eigenvalue weighted by atomic mass is 14.0. The molecule has 105 valence electrons. The molecule has 0 aromatic rings. The Balaban J connectivity index is 3.03. The van der Waals surface area contributed by atoms with Crippen LogP contribution in [-0.4, -0.2) is 0 Å². The van der Waals surface area contributed by atoms with Crippen LogP contribution in [0.25, 0.3) is 0 Å². The van der Waals surface area contributed by atoms with E-state index in [0.29, 0.717) is 0 Å². The molecule has 0 saturated heterocycles. The summed E-state index contributed by atoms with van der Waals surface area (Å²) in [6, 6.07) is 0. The topological polar surface area (TPSA) is 0 Å². The zero-order valence-electron chi connectivity index (χ0n) is 12.5. The van der Waals surface area contributed by atoms with Gasteiger partial charge >= 0.3 is 0 Å². The lowest BCUT2D eigenvalue weighted by molar-refractivity contribution is 0.599. The summed E-state index contributed by atoms with van der Waals surface area (Å²) in [4.78, 5) is 0. The quantitative estimate of drug-likeness (QED) is 0.254. The molecule has 0 atom stereocenters. The molecule has 0 aromatic heterocycles. The first-order valence-electron chi connectivity index (χ1n) is 8.01. The lowest BCUT2D eigenvalue weighted by Gasteiger charge is -1.99. The van der Waals surface area contributed by atoms with Gasteiger partial charge in [0.15, 0.2) is 0 Å². The van der Waals surface area contributed by atoms with Crippen molar-refractivity contribution >= 4 is 0 Å². The van der Waals surface area contributed by atoms with E-state index in [9.17, 15) is 0 Å². The Morgan fingerprint density at radius 1 is 0.611 bits per heavy atom. The molecule has 0 bridgehead atoms. The molecule has 0 amide bonds. The van der Waals surface area contributed by atoms with Crippen LogP contribution in [0.2, 0.25) is 0 Å². The molecule has 0 aliphatic heterocycles. The van der Waals surface area contributed by atoms with Crippen LogP contribution in [0.15, 0.2) is 24.3 Å². The van der Waals surface area contributed by atoms with E-state index in [1.165, 1.54) is 70.6 Å². The van der Waals surface area contributed by atoms with E-state index in [0.717, 1.165) is 6.42 Å². The van der Waals surface area contributed by atoms with Gasteiger partial charge in [-0.3, -0.25) is 0 Å². The molecule has 0 spiro atoms. The predicted molar refractivity (Wildman–Crippen MR) is 84.7 cm³/mol. The minimum Gasteiger partial charge on any atom is -0.0888 e. The lowest BCUT2D eigenvalue weighted by Crippen LogP contribution is -1.79. The van der Waals surface area contributed by atoms with Gasteiger partial charge in [0, 0.05) is 0 Å². The Morgan fingerprint density at radius 2 is 1.06 bits per heavy atom. The van der Waals surface area contributed by atoms with Crippen LogP contribution in [0.5, 0.6) is 0 Å². The molecule has 18 heavy (non-hydrogen) atoms. The van der Waals surface area contributed by atoms with Crippen LogP contribution in [0.1, 0.15) is 84.0 Å². The zero-order chi connectivity index (χ0) is 13.3. The van der Waals surface area contributed by atoms with Gasteiger partial charge in [-0.05, 0) is 44.9 Å². The second-order valence-corrected chi connectivity index (χ2v) is 5.05. The van der Waals surface area contributed by atoms with E-state index >= 15 is 0 Å². The van der Waals surface area contributed by atoms with Gasteiger partial charge in [-0.1, -0.05) is 70.3 Å². The largest absolute Gasteiger partial charge is 0.0888 e. The highest BCUT2D eigenvalue weighted by Crippen LogP contribution is 2.09. The van der Waals surface area contributed by atoms with Gasteiger partial charge in [-0.2, -0.15) is 0 Å². The second-order valence-electron chi connectivity index (χ2n) is 5.05. The van der Waals surface area contributed by atoms with Gasteiger partial charge in [0.25, 0.3) is 0 Å². The van der Waals surface area contributed by atoms with Crippen molar-refractivity contribution in [2.75, 3.05) is 0 Å². The van der Waals surface area contributed by atoms with E-state index in [-0.39, 0.29) is 0 Å². The molecular formula is C18H33. The number of unbranched alkanes of at least 4 members (excludes halogenated alkanes) is 9. The maximum atomic E-state index is 3.85. The number of hydrogen-bond donors (Lipinski definition) is 0. The summed E-state index contributed by atoms with van der Waals surface area (Å²) in [5, 5.41) is 0. The molecule has 0 N–H and O–H groups in total. The molecule has 0 aliphatic rings. The molecule has 0 heteroatoms. The normalized spacial score (nSPS) is 11.9. The Morgan fingerprint density at radius 3 is 1.56 bits per heavy atom. The first-order valence-corrected chi connectivity index (χ1v) is 8.01. The zero-order valence-corrected chi connectivity index (χ0v) is 12.5. The number of allylic oxidation sites excluding steroid dienone is 4. The molecule has 0 nitrogen and oxygen atoms in total. The van der Waals surface area contributed by atoms with Crippen molar-refractivity contribution in [3.63, 3.8) is 0 Å². The van der Waals surface area contributed by atoms with E-state index < -0.39 is 0 Å². The fraction of sp³-hybridized carbons (Fsp3) is 0.722. The molecular weight excluding hydrogens is 216 g/mol. The summed E-state index contributed by atoms with van der Waals surface area (Å²) in [5.74, 6) is 0. The predicted octanol–water partition coefficient (Wildman–Crippen LogP) is 6.63. The monoisotopic (exact) mass is 249 g/mol. The summed E-state index contributed by atoms with van der Waals surface area (Å²) < 4.78 is 0. The first-order chi connectivity index (χ1) is 8.91. The average Bonchev–Trinajstić information content (AvgIpc) is 2.39. The third kappa shape index (κ3) is 15.5. The Kier molecular flexibility index (Phi) is 16.0. The minimum atomic E-state index is 1.07. The fourth-order valence-corrected chi connectivity index (χ4v) is 2.01. The van der Waals surface area contributed by atoms with Crippen LogP contribution in [-0.2, 0) is 0 Å². The maximum Gasteiger partial charge on any atom is -0.0351 e. The minimum absolute atomic E-state index is 1.07. The van der Waals surface area contributed by atoms with Gasteiger partial charge in [0.2, 0.25) is 0 Å². The molecule has 0 unspecified atom stereocenters. The number of hydrogen-bond acceptors (Lipinski definition) is 0. The highest BCUT2D eigenvalue weighted by molar-refractivity contribution is 4.81. The third-order valence-corrected chi connectivity index (χ3v) is 3.18.